The Morgan fingerprint density at radius 1 is 1.18 bits per heavy atom. The number of sulfone groups is 1. The van der Waals surface area contributed by atoms with Crippen molar-refractivity contribution in [1.29, 1.82) is 0 Å². The molecule has 17 heavy (non-hydrogen) atoms. The lowest BCUT2D eigenvalue weighted by molar-refractivity contribution is 0.492. The van der Waals surface area contributed by atoms with Crippen molar-refractivity contribution in [3.05, 3.63) is 24.3 Å². The van der Waals surface area contributed by atoms with Gasteiger partial charge in [0.2, 0.25) is 0 Å². The third-order valence-corrected chi connectivity index (χ3v) is 4.30. The topological polar surface area (TPSA) is 77.5 Å². The summed E-state index contributed by atoms with van der Waals surface area (Å²) in [4.78, 5) is 0.0699. The first-order chi connectivity index (χ1) is 7.74. The van der Waals surface area contributed by atoms with Crippen LogP contribution in [0, 0.1) is 0 Å². The molecule has 1 rings (SSSR count). The molecule has 0 N–H and O–H groups in total. The molecule has 5 nitrogen and oxygen atoms in total. The van der Waals surface area contributed by atoms with Crippen LogP contribution in [0.25, 0.3) is 0 Å². The highest BCUT2D eigenvalue weighted by atomic mass is 32.2. The Morgan fingerprint density at radius 3 is 2.35 bits per heavy atom. The van der Waals surface area contributed by atoms with Gasteiger partial charge >= 0.3 is 10.1 Å². The SMILES string of the molecule is CCCS(=O)(=O)c1cccc(OS(C)(=O)=O)c1. The quantitative estimate of drug-likeness (QED) is 0.756. The van der Waals surface area contributed by atoms with Crippen molar-refractivity contribution in [2.45, 2.75) is 18.2 Å². The first-order valence-electron chi connectivity index (χ1n) is 4.97. The number of hydrogen-bond donors (Lipinski definition) is 0. The summed E-state index contributed by atoms with van der Waals surface area (Å²) in [6, 6.07) is 5.47. The molecule has 0 amide bonds. The highest BCUT2D eigenvalue weighted by Gasteiger charge is 2.14. The highest BCUT2D eigenvalue weighted by molar-refractivity contribution is 7.91. The summed E-state index contributed by atoms with van der Waals surface area (Å²) in [5.74, 6) is 0.0275. The van der Waals surface area contributed by atoms with E-state index in [1.807, 2.05) is 0 Å². The molecule has 0 heterocycles. The van der Waals surface area contributed by atoms with Crippen molar-refractivity contribution in [2.75, 3.05) is 12.0 Å². The van der Waals surface area contributed by atoms with E-state index < -0.39 is 20.0 Å². The molecule has 0 atom stereocenters. The summed E-state index contributed by atoms with van der Waals surface area (Å²) in [6.07, 6.45) is 1.40. The molecule has 0 radical (unpaired) electrons. The van der Waals surface area contributed by atoms with E-state index in [0.29, 0.717) is 6.42 Å². The zero-order valence-electron chi connectivity index (χ0n) is 9.58. The Morgan fingerprint density at radius 2 is 1.82 bits per heavy atom. The lowest BCUT2D eigenvalue weighted by Crippen LogP contribution is -2.08. The summed E-state index contributed by atoms with van der Waals surface area (Å²) in [7, 11) is -7.01. The van der Waals surface area contributed by atoms with E-state index in [-0.39, 0.29) is 16.4 Å². The summed E-state index contributed by atoms with van der Waals surface area (Å²) in [6.45, 7) is 1.76. The molecular weight excluding hydrogens is 264 g/mol. The normalized spacial score (nSPS) is 12.4. The van der Waals surface area contributed by atoms with Gasteiger partial charge in [-0.15, -0.1) is 0 Å². The average molecular weight is 278 g/mol. The Hall–Kier alpha value is -1.08. The minimum absolute atomic E-state index is 0.00433. The summed E-state index contributed by atoms with van der Waals surface area (Å²) >= 11 is 0. The van der Waals surface area contributed by atoms with Crippen LogP contribution in [-0.4, -0.2) is 28.8 Å². The van der Waals surface area contributed by atoms with Gasteiger partial charge in [0.25, 0.3) is 0 Å². The molecule has 1 aromatic carbocycles. The average Bonchev–Trinajstić information content (AvgIpc) is 2.15. The zero-order valence-corrected chi connectivity index (χ0v) is 11.2. The molecule has 0 bridgehead atoms. The maximum Gasteiger partial charge on any atom is 0.306 e. The zero-order chi connectivity index (χ0) is 13.1. The predicted molar refractivity (Wildman–Crippen MR) is 64.3 cm³/mol. The molecule has 7 heteroatoms. The van der Waals surface area contributed by atoms with Crippen LogP contribution in [0.3, 0.4) is 0 Å². The second-order valence-corrected chi connectivity index (χ2v) is 7.27. The van der Waals surface area contributed by atoms with Gasteiger partial charge in [-0.1, -0.05) is 13.0 Å². The Labute approximate surface area is 101 Å². The molecule has 0 aliphatic heterocycles. The van der Waals surface area contributed by atoms with Gasteiger partial charge in [0.05, 0.1) is 16.9 Å². The van der Waals surface area contributed by atoms with Gasteiger partial charge in [-0.2, -0.15) is 8.42 Å². The van der Waals surface area contributed by atoms with Crippen molar-refractivity contribution >= 4 is 20.0 Å². The molecule has 0 unspecified atom stereocenters. The van der Waals surface area contributed by atoms with Crippen LogP contribution in [0.4, 0.5) is 0 Å². The van der Waals surface area contributed by atoms with Gasteiger partial charge < -0.3 is 4.18 Å². The van der Waals surface area contributed by atoms with E-state index in [0.717, 1.165) is 6.26 Å². The smallest absolute Gasteiger partial charge is 0.306 e. The monoisotopic (exact) mass is 278 g/mol. The van der Waals surface area contributed by atoms with E-state index in [4.69, 9.17) is 0 Å². The van der Waals surface area contributed by atoms with Gasteiger partial charge in [-0.3, -0.25) is 0 Å². The van der Waals surface area contributed by atoms with E-state index in [9.17, 15) is 16.8 Å². The maximum atomic E-state index is 11.7. The van der Waals surface area contributed by atoms with Crippen molar-refractivity contribution < 1.29 is 21.0 Å². The number of benzene rings is 1. The van der Waals surface area contributed by atoms with E-state index in [2.05, 4.69) is 4.18 Å². The van der Waals surface area contributed by atoms with Gasteiger partial charge in [0.15, 0.2) is 9.84 Å². The molecule has 0 spiro atoms. The van der Waals surface area contributed by atoms with Crippen LogP contribution >= 0.6 is 0 Å². The lowest BCUT2D eigenvalue weighted by Gasteiger charge is -2.06. The first-order valence-corrected chi connectivity index (χ1v) is 8.44. The fourth-order valence-electron chi connectivity index (χ4n) is 1.28. The third kappa shape index (κ3) is 4.35. The van der Waals surface area contributed by atoms with Crippen molar-refractivity contribution in [2.24, 2.45) is 0 Å². The molecule has 0 aromatic heterocycles. The Bertz CT molecular complexity index is 587. The summed E-state index contributed by atoms with van der Waals surface area (Å²) in [5, 5.41) is 0. The molecule has 0 saturated heterocycles. The van der Waals surface area contributed by atoms with Crippen LogP contribution < -0.4 is 4.18 Å². The Kier molecular flexibility index (Phi) is 4.16. The molecule has 96 valence electrons. The van der Waals surface area contributed by atoms with Gasteiger partial charge in [0, 0.05) is 6.07 Å². The van der Waals surface area contributed by atoms with Gasteiger partial charge in [-0.05, 0) is 18.6 Å². The minimum Gasteiger partial charge on any atom is -0.383 e. The van der Waals surface area contributed by atoms with Crippen molar-refractivity contribution in [3.8, 4) is 5.75 Å². The molecule has 0 saturated carbocycles. The third-order valence-electron chi connectivity index (χ3n) is 1.89. The van der Waals surface area contributed by atoms with Gasteiger partial charge in [0.1, 0.15) is 5.75 Å². The minimum atomic E-state index is -3.65. The van der Waals surface area contributed by atoms with Crippen LogP contribution in [0.5, 0.6) is 5.75 Å². The Balaban J connectivity index is 3.10. The number of rotatable bonds is 5. The molecule has 1 aromatic rings. The summed E-state index contributed by atoms with van der Waals surface area (Å²) in [5.41, 5.74) is 0. The van der Waals surface area contributed by atoms with Crippen LogP contribution in [-0.2, 0) is 20.0 Å². The first kappa shape index (κ1) is 14.0. The lowest BCUT2D eigenvalue weighted by atomic mass is 10.3. The van der Waals surface area contributed by atoms with Crippen molar-refractivity contribution in [1.82, 2.24) is 0 Å². The van der Waals surface area contributed by atoms with Crippen LogP contribution in [0.15, 0.2) is 29.2 Å². The predicted octanol–water partition coefficient (Wildman–Crippen LogP) is 1.21. The second-order valence-electron chi connectivity index (χ2n) is 3.58. The maximum absolute atomic E-state index is 11.7. The molecule has 0 aliphatic carbocycles. The largest absolute Gasteiger partial charge is 0.383 e. The van der Waals surface area contributed by atoms with Crippen molar-refractivity contribution in [3.63, 3.8) is 0 Å². The van der Waals surface area contributed by atoms with E-state index in [1.54, 1.807) is 6.92 Å². The van der Waals surface area contributed by atoms with Crippen LogP contribution in [0.1, 0.15) is 13.3 Å². The van der Waals surface area contributed by atoms with E-state index in [1.165, 1.54) is 24.3 Å². The second kappa shape index (κ2) is 5.05. The van der Waals surface area contributed by atoms with E-state index >= 15 is 0 Å². The highest BCUT2D eigenvalue weighted by Crippen LogP contribution is 2.20. The summed E-state index contributed by atoms with van der Waals surface area (Å²) < 4.78 is 49.9. The van der Waals surface area contributed by atoms with Gasteiger partial charge in [-0.25, -0.2) is 8.42 Å². The molecular formula is C10H14O5S2. The van der Waals surface area contributed by atoms with Crippen LogP contribution in [0.2, 0.25) is 0 Å². The molecule has 0 aliphatic rings. The fourth-order valence-corrected chi connectivity index (χ4v) is 3.09. The fraction of sp³-hybridized carbons (Fsp3) is 0.400. The molecule has 0 fully saturated rings. The standard InChI is InChI=1S/C10H14O5S2/c1-3-7-17(13,14)10-6-4-5-9(8-10)15-16(2,11)12/h4-6,8H,3,7H2,1-2H3. The number of hydrogen-bond acceptors (Lipinski definition) is 5.